The maximum atomic E-state index is 11.9. The van der Waals surface area contributed by atoms with E-state index in [1.807, 2.05) is 30.3 Å². The summed E-state index contributed by atoms with van der Waals surface area (Å²) in [5.74, 6) is -1.16. The molecule has 104 valence electrons. The summed E-state index contributed by atoms with van der Waals surface area (Å²) in [6.45, 7) is 0. The highest BCUT2D eigenvalue weighted by Gasteiger charge is 2.20. The molecule has 0 saturated heterocycles. The zero-order valence-corrected chi connectivity index (χ0v) is 11.2. The van der Waals surface area contributed by atoms with Gasteiger partial charge >= 0.3 is 5.97 Å². The van der Waals surface area contributed by atoms with E-state index < -0.39 is 17.3 Å². The Hall–Kier alpha value is -2.63. The van der Waals surface area contributed by atoms with Crippen LogP contribution in [0.5, 0.6) is 5.75 Å². The fraction of sp³-hybridized carbons (Fsp3) is 0.214. The summed E-state index contributed by atoms with van der Waals surface area (Å²) in [5.41, 5.74) is -0.0932. The van der Waals surface area contributed by atoms with E-state index in [2.05, 4.69) is 9.72 Å². The lowest BCUT2D eigenvalue weighted by atomic mass is 10.1. The molecule has 0 radical (unpaired) electrons. The van der Waals surface area contributed by atoms with Gasteiger partial charge in [0.1, 0.15) is 5.82 Å². The maximum Gasteiger partial charge on any atom is 0.360 e. The summed E-state index contributed by atoms with van der Waals surface area (Å²) >= 11 is 0. The SMILES string of the molecule is COC(=O)c1nc(Cc2ccccc2)n(C)c(=O)c1O. The summed E-state index contributed by atoms with van der Waals surface area (Å²) in [5, 5.41) is 9.67. The lowest BCUT2D eigenvalue weighted by Crippen LogP contribution is -2.25. The van der Waals surface area contributed by atoms with E-state index >= 15 is 0 Å². The second kappa shape index (κ2) is 5.56. The number of hydrogen-bond donors (Lipinski definition) is 1. The summed E-state index contributed by atoms with van der Waals surface area (Å²) in [6, 6.07) is 9.39. The van der Waals surface area contributed by atoms with Gasteiger partial charge in [0.05, 0.1) is 7.11 Å². The van der Waals surface area contributed by atoms with Crippen LogP contribution in [0.1, 0.15) is 21.9 Å². The third kappa shape index (κ3) is 2.54. The number of carbonyl (C=O) groups is 1. The molecular weight excluding hydrogens is 260 g/mol. The average Bonchev–Trinajstić information content (AvgIpc) is 2.48. The normalized spacial score (nSPS) is 10.3. The first-order valence-corrected chi connectivity index (χ1v) is 5.95. The van der Waals surface area contributed by atoms with Gasteiger partial charge in [-0.05, 0) is 5.56 Å². The van der Waals surface area contributed by atoms with Crippen molar-refractivity contribution in [1.82, 2.24) is 9.55 Å². The van der Waals surface area contributed by atoms with E-state index in [0.29, 0.717) is 12.2 Å². The Morgan fingerprint density at radius 1 is 1.35 bits per heavy atom. The molecule has 0 spiro atoms. The van der Waals surface area contributed by atoms with Gasteiger partial charge in [-0.2, -0.15) is 0 Å². The van der Waals surface area contributed by atoms with Crippen LogP contribution in [-0.2, 0) is 18.2 Å². The van der Waals surface area contributed by atoms with E-state index in [0.717, 1.165) is 12.7 Å². The highest BCUT2D eigenvalue weighted by Crippen LogP contribution is 2.13. The number of esters is 1. The molecule has 20 heavy (non-hydrogen) atoms. The number of ether oxygens (including phenoxy) is 1. The molecule has 0 aliphatic rings. The molecule has 1 heterocycles. The van der Waals surface area contributed by atoms with Gasteiger partial charge in [-0.25, -0.2) is 9.78 Å². The first-order chi connectivity index (χ1) is 9.54. The van der Waals surface area contributed by atoms with E-state index in [4.69, 9.17) is 0 Å². The minimum Gasteiger partial charge on any atom is -0.501 e. The summed E-state index contributed by atoms with van der Waals surface area (Å²) in [6.07, 6.45) is 0.372. The number of nitrogens with zero attached hydrogens (tertiary/aromatic N) is 2. The third-order valence-corrected chi connectivity index (χ3v) is 2.94. The largest absolute Gasteiger partial charge is 0.501 e. The van der Waals surface area contributed by atoms with Crippen LogP contribution < -0.4 is 5.56 Å². The van der Waals surface area contributed by atoms with Crippen LogP contribution in [-0.4, -0.2) is 27.7 Å². The van der Waals surface area contributed by atoms with Crippen molar-refractivity contribution in [3.05, 3.63) is 57.8 Å². The molecule has 0 amide bonds. The van der Waals surface area contributed by atoms with Gasteiger partial charge in [-0.15, -0.1) is 0 Å². The number of carbonyl (C=O) groups excluding carboxylic acids is 1. The first kappa shape index (κ1) is 13.8. The van der Waals surface area contributed by atoms with Crippen molar-refractivity contribution in [1.29, 1.82) is 0 Å². The molecule has 0 bridgehead atoms. The molecule has 2 rings (SSSR count). The molecule has 6 heteroatoms. The molecule has 0 aliphatic carbocycles. The van der Waals surface area contributed by atoms with Gasteiger partial charge in [-0.3, -0.25) is 9.36 Å². The van der Waals surface area contributed by atoms with Crippen LogP contribution in [0.15, 0.2) is 35.1 Å². The van der Waals surface area contributed by atoms with E-state index in [1.54, 1.807) is 0 Å². The zero-order valence-electron chi connectivity index (χ0n) is 11.2. The van der Waals surface area contributed by atoms with Crippen LogP contribution in [0.25, 0.3) is 0 Å². The number of aromatic hydroxyl groups is 1. The second-order valence-electron chi connectivity index (χ2n) is 4.24. The lowest BCUT2D eigenvalue weighted by Gasteiger charge is -2.10. The molecule has 0 saturated carbocycles. The maximum absolute atomic E-state index is 11.9. The average molecular weight is 274 g/mol. The van der Waals surface area contributed by atoms with Crippen molar-refractivity contribution in [2.75, 3.05) is 7.11 Å². The van der Waals surface area contributed by atoms with E-state index in [-0.39, 0.29) is 5.69 Å². The van der Waals surface area contributed by atoms with Crippen LogP contribution >= 0.6 is 0 Å². The minimum absolute atomic E-state index is 0.360. The third-order valence-electron chi connectivity index (χ3n) is 2.94. The molecule has 0 fully saturated rings. The predicted molar refractivity (Wildman–Crippen MR) is 71.7 cm³/mol. The monoisotopic (exact) mass is 274 g/mol. The Morgan fingerprint density at radius 2 is 2.00 bits per heavy atom. The zero-order chi connectivity index (χ0) is 14.7. The number of benzene rings is 1. The Morgan fingerprint density at radius 3 is 2.60 bits per heavy atom. The van der Waals surface area contributed by atoms with Crippen molar-refractivity contribution in [3.63, 3.8) is 0 Å². The quantitative estimate of drug-likeness (QED) is 0.840. The minimum atomic E-state index is -0.838. The Balaban J connectivity index is 2.51. The molecule has 1 N–H and O–H groups in total. The van der Waals surface area contributed by atoms with Gasteiger partial charge in [0.2, 0.25) is 5.75 Å². The number of aromatic nitrogens is 2. The second-order valence-corrected chi connectivity index (χ2v) is 4.24. The smallest absolute Gasteiger partial charge is 0.360 e. The fourth-order valence-corrected chi connectivity index (χ4v) is 1.81. The van der Waals surface area contributed by atoms with E-state index in [1.165, 1.54) is 11.6 Å². The molecule has 0 aliphatic heterocycles. The molecule has 0 unspecified atom stereocenters. The van der Waals surface area contributed by atoms with Crippen molar-refractivity contribution < 1.29 is 14.6 Å². The molecule has 1 aromatic carbocycles. The van der Waals surface area contributed by atoms with E-state index in [9.17, 15) is 14.7 Å². The molecule has 1 aromatic heterocycles. The highest BCUT2D eigenvalue weighted by molar-refractivity contribution is 5.89. The Bertz CT molecular complexity index is 692. The Kier molecular flexibility index (Phi) is 3.84. The Labute approximate surface area is 115 Å². The van der Waals surface area contributed by atoms with Crippen LogP contribution in [0, 0.1) is 0 Å². The first-order valence-electron chi connectivity index (χ1n) is 5.95. The topological polar surface area (TPSA) is 81.4 Å². The van der Waals surface area contributed by atoms with Crippen molar-refractivity contribution in [3.8, 4) is 5.75 Å². The van der Waals surface area contributed by atoms with Crippen molar-refractivity contribution in [2.24, 2.45) is 7.05 Å². The number of rotatable bonds is 3. The van der Waals surface area contributed by atoms with Crippen LogP contribution in [0.3, 0.4) is 0 Å². The molecule has 2 aromatic rings. The van der Waals surface area contributed by atoms with Gasteiger partial charge in [0.25, 0.3) is 5.56 Å². The number of hydrogen-bond acceptors (Lipinski definition) is 5. The highest BCUT2D eigenvalue weighted by atomic mass is 16.5. The molecular formula is C14H14N2O4. The summed E-state index contributed by atoms with van der Waals surface area (Å²) in [4.78, 5) is 27.4. The van der Waals surface area contributed by atoms with Gasteiger partial charge in [0.15, 0.2) is 5.69 Å². The van der Waals surface area contributed by atoms with Gasteiger partial charge < -0.3 is 9.84 Å². The fourth-order valence-electron chi connectivity index (χ4n) is 1.81. The summed E-state index contributed by atoms with van der Waals surface area (Å²) < 4.78 is 5.72. The number of methoxy groups -OCH3 is 1. The lowest BCUT2D eigenvalue weighted by molar-refractivity contribution is 0.0589. The van der Waals surface area contributed by atoms with Crippen molar-refractivity contribution >= 4 is 5.97 Å². The van der Waals surface area contributed by atoms with Crippen LogP contribution in [0.4, 0.5) is 0 Å². The van der Waals surface area contributed by atoms with Crippen LogP contribution in [0.2, 0.25) is 0 Å². The predicted octanol–water partition coefficient (Wildman–Crippen LogP) is 0.863. The molecule has 6 nitrogen and oxygen atoms in total. The van der Waals surface area contributed by atoms with Crippen molar-refractivity contribution in [2.45, 2.75) is 6.42 Å². The van der Waals surface area contributed by atoms with Gasteiger partial charge in [0, 0.05) is 13.5 Å². The molecule has 0 atom stereocenters. The standard InChI is InChI=1S/C14H14N2O4/c1-16-10(8-9-6-4-3-5-7-9)15-11(14(19)20-2)12(17)13(16)18/h3-7,17H,8H2,1-2H3. The summed E-state index contributed by atoms with van der Waals surface area (Å²) in [7, 11) is 2.66. The van der Waals surface area contributed by atoms with Gasteiger partial charge in [-0.1, -0.05) is 30.3 Å².